The number of carbonyl (C=O) groups is 1. The minimum atomic E-state index is -0.730. The molecule has 0 atom stereocenters. The van der Waals surface area contributed by atoms with Gasteiger partial charge in [-0.3, -0.25) is 14.7 Å². The second-order valence-electron chi connectivity index (χ2n) is 5.23. The molecule has 0 fully saturated rings. The number of rotatable bonds is 3. The van der Waals surface area contributed by atoms with Gasteiger partial charge >= 0.3 is 0 Å². The molecule has 0 aliphatic heterocycles. The Kier molecular flexibility index (Phi) is 4.45. The topological polar surface area (TPSA) is 58.4 Å². The van der Waals surface area contributed by atoms with Crippen LogP contribution in [0.4, 0.5) is 4.39 Å². The lowest BCUT2D eigenvalue weighted by atomic mass is 10.2. The maximum absolute atomic E-state index is 13.6. The fourth-order valence-electron chi connectivity index (χ4n) is 2.39. The van der Waals surface area contributed by atoms with Gasteiger partial charge in [0.25, 0.3) is 5.91 Å². The molecular formula is C16H12Cl2FN3O2. The number of halogens is 3. The highest BCUT2D eigenvalue weighted by Crippen LogP contribution is 2.25. The van der Waals surface area contributed by atoms with Crippen LogP contribution in [0.1, 0.15) is 16.1 Å². The Morgan fingerprint density at radius 1 is 1.29 bits per heavy atom. The van der Waals surface area contributed by atoms with Crippen LogP contribution in [0.25, 0.3) is 10.9 Å². The summed E-state index contributed by atoms with van der Waals surface area (Å²) in [4.78, 5) is 12.1. The third kappa shape index (κ3) is 3.08. The van der Waals surface area contributed by atoms with Crippen molar-refractivity contribution in [1.29, 1.82) is 0 Å². The summed E-state index contributed by atoms with van der Waals surface area (Å²) >= 11 is 12.1. The minimum absolute atomic E-state index is 0.0421. The number of benzene rings is 2. The summed E-state index contributed by atoms with van der Waals surface area (Å²) in [6.07, 6.45) is 0. The summed E-state index contributed by atoms with van der Waals surface area (Å²) in [7, 11) is 1.18. The molecule has 0 radical (unpaired) electrons. The number of carbonyl (C=O) groups excluding carboxylic acids is 1. The molecule has 0 saturated carbocycles. The number of fused-ring (bicyclic) bond motifs is 1. The molecule has 1 amide bonds. The first kappa shape index (κ1) is 16.7. The predicted octanol–water partition coefficient (Wildman–Crippen LogP) is 3.99. The molecule has 2 aromatic carbocycles. The van der Waals surface area contributed by atoms with E-state index in [4.69, 9.17) is 23.2 Å². The Morgan fingerprint density at radius 3 is 2.71 bits per heavy atom. The summed E-state index contributed by atoms with van der Waals surface area (Å²) < 4.78 is 15.1. The zero-order valence-electron chi connectivity index (χ0n) is 12.5. The number of nitrogens with zero attached hydrogens (tertiary/aromatic N) is 3. The van der Waals surface area contributed by atoms with Crippen molar-refractivity contribution in [3.8, 4) is 0 Å². The largest absolute Gasteiger partial charge is 0.298 e. The molecule has 0 bridgehead atoms. The molecule has 1 N–H and O–H groups in total. The standard InChI is InChI=1S/C16H12Cl2FN3O2/c1-21(24)16(23)15-12-7-11(19)4-5-14(12)22(20-15)8-9-2-3-10(17)6-13(9)18/h2-7,24H,8H2,1H3. The van der Waals surface area contributed by atoms with Gasteiger partial charge in [0, 0.05) is 22.5 Å². The first-order chi connectivity index (χ1) is 11.4. The molecule has 124 valence electrons. The number of hydroxylamine groups is 2. The molecule has 3 aromatic rings. The van der Waals surface area contributed by atoms with Crippen LogP contribution >= 0.6 is 23.2 Å². The quantitative estimate of drug-likeness (QED) is 0.562. The number of aromatic nitrogens is 2. The minimum Gasteiger partial charge on any atom is -0.286 e. The monoisotopic (exact) mass is 367 g/mol. The van der Waals surface area contributed by atoms with Crippen LogP contribution in [0.3, 0.4) is 0 Å². The van der Waals surface area contributed by atoms with Crippen LogP contribution in [0.5, 0.6) is 0 Å². The maximum atomic E-state index is 13.6. The van der Waals surface area contributed by atoms with E-state index in [-0.39, 0.29) is 12.2 Å². The molecule has 24 heavy (non-hydrogen) atoms. The van der Waals surface area contributed by atoms with Gasteiger partial charge in [0.2, 0.25) is 0 Å². The van der Waals surface area contributed by atoms with Crippen LogP contribution in [0, 0.1) is 5.82 Å². The molecule has 1 heterocycles. The van der Waals surface area contributed by atoms with Crippen molar-refractivity contribution >= 4 is 40.0 Å². The van der Waals surface area contributed by atoms with E-state index < -0.39 is 11.7 Å². The van der Waals surface area contributed by atoms with E-state index in [1.165, 1.54) is 29.9 Å². The molecular weight excluding hydrogens is 356 g/mol. The van der Waals surface area contributed by atoms with E-state index in [0.717, 1.165) is 5.56 Å². The van der Waals surface area contributed by atoms with Gasteiger partial charge in [-0.15, -0.1) is 0 Å². The molecule has 0 aliphatic carbocycles. The Morgan fingerprint density at radius 2 is 2.04 bits per heavy atom. The summed E-state index contributed by atoms with van der Waals surface area (Å²) in [6.45, 7) is 0.264. The first-order valence-corrected chi connectivity index (χ1v) is 7.69. The second-order valence-corrected chi connectivity index (χ2v) is 6.08. The molecule has 5 nitrogen and oxygen atoms in total. The zero-order chi connectivity index (χ0) is 17.4. The Hall–Kier alpha value is -2.15. The van der Waals surface area contributed by atoms with Crippen molar-refractivity contribution in [2.45, 2.75) is 6.54 Å². The SMILES string of the molecule is CN(O)C(=O)c1nn(Cc2ccc(Cl)cc2Cl)c2ccc(F)cc12. The predicted molar refractivity (Wildman–Crippen MR) is 89.1 cm³/mol. The number of amides is 1. The van der Waals surface area contributed by atoms with E-state index in [0.29, 0.717) is 26.0 Å². The van der Waals surface area contributed by atoms with Crippen LogP contribution in [0.2, 0.25) is 10.0 Å². The van der Waals surface area contributed by atoms with Crippen LogP contribution in [-0.2, 0) is 6.54 Å². The van der Waals surface area contributed by atoms with Crippen molar-refractivity contribution in [2.75, 3.05) is 7.05 Å². The highest BCUT2D eigenvalue weighted by atomic mass is 35.5. The van der Waals surface area contributed by atoms with Gasteiger partial charge in [0.15, 0.2) is 5.69 Å². The van der Waals surface area contributed by atoms with E-state index in [1.807, 2.05) is 0 Å². The normalized spacial score (nSPS) is 11.0. The number of hydrogen-bond acceptors (Lipinski definition) is 3. The molecule has 3 rings (SSSR count). The Labute approximate surface area is 146 Å². The lowest BCUT2D eigenvalue weighted by molar-refractivity contribution is -0.0378. The van der Waals surface area contributed by atoms with Crippen LogP contribution in [-0.4, -0.2) is 33.0 Å². The summed E-state index contributed by atoms with van der Waals surface area (Å²) in [5.41, 5.74) is 1.25. The summed E-state index contributed by atoms with van der Waals surface area (Å²) in [5, 5.41) is 15.3. The molecule has 1 aromatic heterocycles. The highest BCUT2D eigenvalue weighted by molar-refractivity contribution is 6.35. The van der Waals surface area contributed by atoms with Gasteiger partial charge in [-0.2, -0.15) is 5.10 Å². The molecule has 0 saturated heterocycles. The molecule has 0 unspecified atom stereocenters. The van der Waals surface area contributed by atoms with E-state index in [2.05, 4.69) is 5.10 Å². The van der Waals surface area contributed by atoms with Gasteiger partial charge < -0.3 is 0 Å². The fourth-order valence-corrected chi connectivity index (χ4v) is 2.86. The molecule has 0 aliphatic rings. The fraction of sp³-hybridized carbons (Fsp3) is 0.125. The molecule has 0 spiro atoms. The van der Waals surface area contributed by atoms with Gasteiger partial charge in [-0.25, -0.2) is 9.45 Å². The summed E-state index contributed by atoms with van der Waals surface area (Å²) in [5.74, 6) is -1.23. The second kappa shape index (κ2) is 6.39. The van der Waals surface area contributed by atoms with Crippen molar-refractivity contribution in [3.63, 3.8) is 0 Å². The average Bonchev–Trinajstić information content (AvgIpc) is 2.87. The van der Waals surface area contributed by atoms with E-state index in [9.17, 15) is 14.4 Å². The first-order valence-electron chi connectivity index (χ1n) is 6.93. The summed E-state index contributed by atoms with van der Waals surface area (Å²) in [6, 6.07) is 9.07. The van der Waals surface area contributed by atoms with Gasteiger partial charge in [-0.05, 0) is 35.9 Å². The highest BCUT2D eigenvalue weighted by Gasteiger charge is 2.20. The van der Waals surface area contributed by atoms with Crippen molar-refractivity contribution in [1.82, 2.24) is 14.8 Å². The van der Waals surface area contributed by atoms with Gasteiger partial charge in [-0.1, -0.05) is 29.3 Å². The zero-order valence-corrected chi connectivity index (χ0v) is 14.0. The molecule has 8 heteroatoms. The van der Waals surface area contributed by atoms with E-state index >= 15 is 0 Å². The average molecular weight is 368 g/mol. The van der Waals surface area contributed by atoms with Crippen LogP contribution in [0.15, 0.2) is 36.4 Å². The maximum Gasteiger partial charge on any atom is 0.298 e. The lowest BCUT2D eigenvalue weighted by Gasteiger charge is -2.07. The smallest absolute Gasteiger partial charge is 0.286 e. The third-order valence-corrected chi connectivity index (χ3v) is 4.13. The van der Waals surface area contributed by atoms with Crippen molar-refractivity contribution in [2.24, 2.45) is 0 Å². The van der Waals surface area contributed by atoms with Crippen molar-refractivity contribution in [3.05, 3.63) is 63.5 Å². The number of hydrogen-bond donors (Lipinski definition) is 1. The van der Waals surface area contributed by atoms with Crippen LogP contribution < -0.4 is 0 Å². The van der Waals surface area contributed by atoms with Gasteiger partial charge in [0.05, 0.1) is 12.1 Å². The Balaban J connectivity index is 2.12. The lowest BCUT2D eigenvalue weighted by Crippen LogP contribution is -2.23. The van der Waals surface area contributed by atoms with E-state index in [1.54, 1.807) is 18.2 Å². The Bertz CT molecular complexity index is 940. The third-order valence-electron chi connectivity index (χ3n) is 3.54. The van der Waals surface area contributed by atoms with Crippen molar-refractivity contribution < 1.29 is 14.4 Å². The van der Waals surface area contributed by atoms with Gasteiger partial charge in [0.1, 0.15) is 5.82 Å².